The number of benzene rings is 2. The molecule has 2 heterocycles. The molecule has 0 radical (unpaired) electrons. The Morgan fingerprint density at radius 1 is 1.11 bits per heavy atom. The van der Waals surface area contributed by atoms with Crippen molar-refractivity contribution < 1.29 is 13.9 Å². The molecule has 28 heavy (non-hydrogen) atoms. The van der Waals surface area contributed by atoms with E-state index in [0.717, 1.165) is 15.9 Å². The summed E-state index contributed by atoms with van der Waals surface area (Å²) in [6.07, 6.45) is 1.64. The summed E-state index contributed by atoms with van der Waals surface area (Å²) in [6, 6.07) is 20.5. The number of anilines is 1. The molecule has 5 nitrogen and oxygen atoms in total. The van der Waals surface area contributed by atoms with E-state index in [9.17, 15) is 4.79 Å². The van der Waals surface area contributed by atoms with E-state index >= 15 is 0 Å². The van der Waals surface area contributed by atoms with Crippen LogP contribution in [0.15, 0.2) is 81.3 Å². The maximum absolute atomic E-state index is 12.7. The molecule has 1 amide bonds. The number of halogens is 1. The molecule has 1 saturated heterocycles. The van der Waals surface area contributed by atoms with Gasteiger partial charge in [-0.15, -0.1) is 0 Å². The molecule has 2 aromatic carbocycles. The number of nitrogens with one attached hydrogen (secondary N) is 1. The quantitative estimate of drug-likeness (QED) is 0.439. The Hall–Kier alpha value is -2.90. The topological polar surface area (TPSA) is 54.7 Å². The van der Waals surface area contributed by atoms with Gasteiger partial charge in [-0.3, -0.25) is 9.69 Å². The molecular weight excluding hydrogens is 440 g/mol. The van der Waals surface area contributed by atoms with E-state index in [1.165, 1.54) is 4.90 Å². The minimum atomic E-state index is -0.223. The highest BCUT2D eigenvalue weighted by molar-refractivity contribution is 9.10. The molecule has 1 aliphatic heterocycles. The number of hydrogen-bond acceptors (Lipinski definition) is 4. The fourth-order valence-electron chi connectivity index (χ4n) is 2.75. The lowest BCUT2D eigenvalue weighted by atomic mass is 10.3. The highest BCUT2D eigenvalue weighted by atomic mass is 79.9. The lowest BCUT2D eigenvalue weighted by molar-refractivity contribution is -0.113. The molecule has 4 rings (SSSR count). The second-order valence-corrected chi connectivity index (χ2v) is 7.32. The third kappa shape index (κ3) is 4.00. The summed E-state index contributed by atoms with van der Waals surface area (Å²) < 4.78 is 12.4. The highest BCUT2D eigenvalue weighted by Crippen LogP contribution is 2.23. The van der Waals surface area contributed by atoms with E-state index in [-0.39, 0.29) is 12.5 Å². The Morgan fingerprint density at radius 2 is 1.93 bits per heavy atom. The number of carbonyl (C=O) groups is 1. The van der Waals surface area contributed by atoms with Crippen molar-refractivity contribution in [2.75, 3.05) is 4.90 Å². The number of thiocarbonyl (C=S) groups is 1. The van der Waals surface area contributed by atoms with E-state index in [4.69, 9.17) is 21.4 Å². The van der Waals surface area contributed by atoms with Gasteiger partial charge >= 0.3 is 0 Å². The summed E-state index contributed by atoms with van der Waals surface area (Å²) in [7, 11) is 0. The zero-order valence-electron chi connectivity index (χ0n) is 14.6. The van der Waals surface area contributed by atoms with Crippen LogP contribution in [-0.2, 0) is 11.4 Å². The maximum Gasteiger partial charge on any atom is 0.281 e. The number of amides is 1. The molecule has 1 fully saturated rings. The molecule has 1 aliphatic rings. The van der Waals surface area contributed by atoms with Crippen molar-refractivity contribution in [1.29, 1.82) is 0 Å². The second kappa shape index (κ2) is 8.00. The summed E-state index contributed by atoms with van der Waals surface area (Å²) >= 11 is 8.71. The zero-order chi connectivity index (χ0) is 19.5. The van der Waals surface area contributed by atoms with Crippen molar-refractivity contribution in [3.8, 4) is 5.75 Å². The monoisotopic (exact) mass is 454 g/mol. The zero-order valence-corrected chi connectivity index (χ0v) is 17.0. The number of carbonyl (C=O) groups excluding carboxylic acids is 1. The van der Waals surface area contributed by atoms with Gasteiger partial charge in [0.05, 0.1) is 5.69 Å². The van der Waals surface area contributed by atoms with Crippen LogP contribution in [-0.4, -0.2) is 11.0 Å². The van der Waals surface area contributed by atoms with Crippen molar-refractivity contribution in [3.05, 3.63) is 88.4 Å². The predicted molar refractivity (Wildman–Crippen MR) is 115 cm³/mol. The van der Waals surface area contributed by atoms with Crippen molar-refractivity contribution in [2.24, 2.45) is 0 Å². The Labute approximate surface area is 175 Å². The smallest absolute Gasteiger partial charge is 0.281 e. The van der Waals surface area contributed by atoms with Crippen LogP contribution in [0.5, 0.6) is 5.75 Å². The van der Waals surface area contributed by atoms with Gasteiger partial charge in [0, 0.05) is 10.5 Å². The predicted octanol–water partition coefficient (Wildman–Crippen LogP) is 4.88. The van der Waals surface area contributed by atoms with Gasteiger partial charge < -0.3 is 14.5 Å². The van der Waals surface area contributed by atoms with Gasteiger partial charge in [-0.05, 0) is 54.7 Å². The first-order valence-electron chi connectivity index (χ1n) is 8.49. The Kier molecular flexibility index (Phi) is 5.27. The van der Waals surface area contributed by atoms with E-state index in [0.29, 0.717) is 22.3 Å². The number of para-hydroxylation sites is 1. The van der Waals surface area contributed by atoms with Crippen LogP contribution in [0.2, 0.25) is 0 Å². The number of nitrogens with zero attached hydrogens (tertiary/aromatic N) is 1. The van der Waals surface area contributed by atoms with Gasteiger partial charge in [0.15, 0.2) is 5.11 Å². The van der Waals surface area contributed by atoms with Gasteiger partial charge in [0.2, 0.25) is 0 Å². The molecule has 140 valence electrons. The fraction of sp³-hybridized carbons (Fsp3) is 0.0476. The summed E-state index contributed by atoms with van der Waals surface area (Å²) in [5.74, 6) is 1.71. The molecule has 0 spiro atoms. The molecule has 1 aromatic heterocycles. The lowest BCUT2D eigenvalue weighted by Crippen LogP contribution is -2.30. The third-order valence-electron chi connectivity index (χ3n) is 4.04. The van der Waals surface area contributed by atoms with Crippen LogP contribution in [0.1, 0.15) is 11.5 Å². The second-order valence-electron chi connectivity index (χ2n) is 6.01. The van der Waals surface area contributed by atoms with Gasteiger partial charge in [-0.1, -0.05) is 40.2 Å². The van der Waals surface area contributed by atoms with Crippen molar-refractivity contribution in [3.63, 3.8) is 0 Å². The Morgan fingerprint density at radius 3 is 2.71 bits per heavy atom. The van der Waals surface area contributed by atoms with Crippen molar-refractivity contribution in [2.45, 2.75) is 6.61 Å². The molecule has 0 unspecified atom stereocenters. The molecule has 0 saturated carbocycles. The Balaban J connectivity index is 1.46. The third-order valence-corrected chi connectivity index (χ3v) is 4.82. The maximum atomic E-state index is 12.7. The summed E-state index contributed by atoms with van der Waals surface area (Å²) in [5.41, 5.74) is 1.08. The van der Waals surface area contributed by atoms with Gasteiger partial charge in [0.25, 0.3) is 5.91 Å². The lowest BCUT2D eigenvalue weighted by Gasteiger charge is -2.13. The molecule has 3 aromatic rings. The standard InChI is InChI=1S/C21H15BrN2O3S/c22-14-5-4-8-16(11-14)26-13-18-10-9-17(27-18)12-19-20(25)24(21(28)23-19)15-6-2-1-3-7-15/h1-12H,13H2,(H,23,28)/b19-12+. The molecule has 7 heteroatoms. The van der Waals surface area contributed by atoms with Gasteiger partial charge in [-0.25, -0.2) is 0 Å². The minimum absolute atomic E-state index is 0.223. The number of ether oxygens (including phenoxy) is 1. The number of furan rings is 1. The van der Waals surface area contributed by atoms with Crippen LogP contribution in [0.25, 0.3) is 6.08 Å². The van der Waals surface area contributed by atoms with E-state index in [1.54, 1.807) is 12.1 Å². The summed E-state index contributed by atoms with van der Waals surface area (Å²) in [6.45, 7) is 0.287. The average Bonchev–Trinajstić information content (AvgIpc) is 3.25. The molecular formula is C21H15BrN2O3S. The normalized spacial score (nSPS) is 15.2. The largest absolute Gasteiger partial charge is 0.486 e. The van der Waals surface area contributed by atoms with E-state index in [1.807, 2.05) is 60.7 Å². The first-order chi connectivity index (χ1) is 13.6. The summed E-state index contributed by atoms with van der Waals surface area (Å²) in [5, 5.41) is 3.29. The van der Waals surface area contributed by atoms with Crippen molar-refractivity contribution in [1.82, 2.24) is 5.32 Å². The van der Waals surface area contributed by atoms with E-state index in [2.05, 4.69) is 21.2 Å². The van der Waals surface area contributed by atoms with Crippen LogP contribution in [0.3, 0.4) is 0 Å². The fourth-order valence-corrected chi connectivity index (χ4v) is 3.43. The van der Waals surface area contributed by atoms with Crippen LogP contribution < -0.4 is 15.0 Å². The SMILES string of the molecule is O=C1/C(=C\c2ccc(COc3cccc(Br)c3)o2)NC(=S)N1c1ccccc1. The number of rotatable bonds is 5. The molecule has 0 atom stereocenters. The summed E-state index contributed by atoms with van der Waals surface area (Å²) in [4.78, 5) is 14.2. The molecule has 1 N–H and O–H groups in total. The van der Waals surface area contributed by atoms with E-state index < -0.39 is 0 Å². The van der Waals surface area contributed by atoms with Gasteiger partial charge in [-0.2, -0.15) is 0 Å². The van der Waals surface area contributed by atoms with Crippen LogP contribution >= 0.6 is 28.1 Å². The first kappa shape index (κ1) is 18.5. The van der Waals surface area contributed by atoms with Crippen molar-refractivity contribution >= 4 is 50.9 Å². The highest BCUT2D eigenvalue weighted by Gasteiger charge is 2.32. The van der Waals surface area contributed by atoms with Gasteiger partial charge in [0.1, 0.15) is 29.6 Å². The molecule has 0 aliphatic carbocycles. The molecule has 0 bridgehead atoms. The van der Waals surface area contributed by atoms with Crippen LogP contribution in [0, 0.1) is 0 Å². The first-order valence-corrected chi connectivity index (χ1v) is 9.69. The number of hydrogen-bond donors (Lipinski definition) is 1. The minimum Gasteiger partial charge on any atom is -0.486 e. The average molecular weight is 455 g/mol. The van der Waals surface area contributed by atoms with Crippen LogP contribution in [0.4, 0.5) is 5.69 Å². The Bertz CT molecular complexity index is 1060.